The monoisotopic (exact) mass is 552 g/mol. The van der Waals surface area contributed by atoms with Gasteiger partial charge in [-0.1, -0.05) is 28.9 Å². The van der Waals surface area contributed by atoms with Crippen LogP contribution in [0.2, 0.25) is 0 Å². The van der Waals surface area contributed by atoms with Crippen molar-refractivity contribution >= 4 is 39.3 Å². The van der Waals surface area contributed by atoms with Gasteiger partial charge in [0.2, 0.25) is 0 Å². The Hall–Kier alpha value is -3.29. The number of pyridine rings is 1. The number of aliphatic imine (C=N–C) groups is 1. The molecule has 0 bridgehead atoms. The number of carbonyl (C=O) groups is 2. The van der Waals surface area contributed by atoms with Gasteiger partial charge in [-0.05, 0) is 54.5 Å². The number of β-amino-alcohol motifs (C(OH)–C–C–N with tert-alkyl or cyclic N) is 1. The fraction of sp³-hybridized carbons (Fsp3) is 0.423. The Labute approximate surface area is 218 Å². The van der Waals surface area contributed by atoms with Crippen molar-refractivity contribution in [2.24, 2.45) is 4.99 Å². The molecule has 1 aliphatic carbocycles. The topological polar surface area (TPSA) is 140 Å². The zero-order valence-corrected chi connectivity index (χ0v) is 21.6. The van der Waals surface area contributed by atoms with Crippen molar-refractivity contribution in [2.45, 2.75) is 50.0 Å². The van der Waals surface area contributed by atoms with Crippen molar-refractivity contribution in [3.63, 3.8) is 0 Å². The number of anilines is 1. The van der Waals surface area contributed by atoms with Crippen LogP contribution < -0.4 is 16.0 Å². The summed E-state index contributed by atoms with van der Waals surface area (Å²) in [5.74, 6) is 0.0332. The number of nitrogens with one attached hydrogen (secondary N) is 3. The van der Waals surface area contributed by atoms with Crippen LogP contribution in [0.15, 0.2) is 46.1 Å². The van der Waals surface area contributed by atoms with Crippen LogP contribution in [0.3, 0.4) is 0 Å². The number of aromatic nitrogens is 1. The number of carbonyl (C=O) groups excluding carboxylic acids is 2. The number of hydrogen-bond acceptors (Lipinski definition) is 8. The second kappa shape index (κ2) is 11.2. The maximum absolute atomic E-state index is 12.8. The Balaban J connectivity index is 1.34. The number of benzene rings is 1. The number of Topliss-reactive ketones (excluding diaryl/α,β-unsaturated/α-hetero) is 1. The lowest BCUT2D eigenvalue weighted by molar-refractivity contribution is -0.118. The van der Waals surface area contributed by atoms with Gasteiger partial charge in [0.25, 0.3) is 5.91 Å². The van der Waals surface area contributed by atoms with Gasteiger partial charge in [-0.25, -0.2) is 0 Å². The third-order valence-corrected chi connectivity index (χ3v) is 7.01. The van der Waals surface area contributed by atoms with E-state index in [-0.39, 0.29) is 18.2 Å². The van der Waals surface area contributed by atoms with Crippen molar-refractivity contribution in [3.05, 3.63) is 57.8 Å². The van der Waals surface area contributed by atoms with Crippen LogP contribution in [0.25, 0.3) is 0 Å². The largest absolute Gasteiger partial charge is 0.389 e. The van der Waals surface area contributed by atoms with Gasteiger partial charge in [-0.2, -0.15) is 5.26 Å². The quantitative estimate of drug-likeness (QED) is 0.374. The Kier molecular flexibility index (Phi) is 8.01. The Morgan fingerprint density at radius 2 is 2.11 bits per heavy atom. The van der Waals surface area contributed by atoms with Gasteiger partial charge >= 0.3 is 0 Å². The molecule has 1 saturated carbocycles. The maximum Gasteiger partial charge on any atom is 0.253 e. The summed E-state index contributed by atoms with van der Waals surface area (Å²) in [5, 5.41) is 27.8. The zero-order chi connectivity index (χ0) is 25.7. The lowest BCUT2D eigenvalue weighted by atomic mass is 9.87. The van der Waals surface area contributed by atoms with Crippen molar-refractivity contribution in [1.29, 1.82) is 5.26 Å². The third-order valence-electron chi connectivity index (χ3n) is 6.55. The molecule has 2 heterocycles. The van der Waals surface area contributed by atoms with Gasteiger partial charge in [0.1, 0.15) is 0 Å². The SMILES string of the molecule is CC[C@H](CC(=O)CNC(=O)c1cncc(NC2=NCC(O)CN2)c1)c1cc(Br)cc(C2(C#N)CC2)c1. The Bertz CT molecular complexity index is 1220. The summed E-state index contributed by atoms with van der Waals surface area (Å²) in [6, 6.07) is 10.1. The van der Waals surface area contributed by atoms with E-state index in [0.29, 0.717) is 36.7 Å². The van der Waals surface area contributed by atoms with Crippen LogP contribution in [-0.4, -0.2) is 53.5 Å². The molecule has 0 radical (unpaired) electrons. The molecule has 1 aromatic carbocycles. The summed E-state index contributed by atoms with van der Waals surface area (Å²) in [4.78, 5) is 33.7. The van der Waals surface area contributed by atoms with Gasteiger partial charge in [0, 0.05) is 23.6 Å². The van der Waals surface area contributed by atoms with Gasteiger partial charge in [0.15, 0.2) is 11.7 Å². The summed E-state index contributed by atoms with van der Waals surface area (Å²) in [7, 11) is 0. The molecule has 1 fully saturated rings. The molecule has 2 atom stereocenters. The lowest BCUT2D eigenvalue weighted by Crippen LogP contribution is -2.42. The fourth-order valence-corrected chi connectivity index (χ4v) is 4.74. The maximum atomic E-state index is 12.8. The Morgan fingerprint density at radius 3 is 2.78 bits per heavy atom. The van der Waals surface area contributed by atoms with Gasteiger partial charge in [-0.15, -0.1) is 0 Å². The number of rotatable bonds is 9. The van der Waals surface area contributed by atoms with Crippen molar-refractivity contribution in [3.8, 4) is 6.07 Å². The molecule has 1 amide bonds. The van der Waals surface area contributed by atoms with E-state index in [0.717, 1.165) is 34.9 Å². The highest BCUT2D eigenvalue weighted by Gasteiger charge is 2.45. The van der Waals surface area contributed by atoms with E-state index in [4.69, 9.17) is 0 Å². The first kappa shape index (κ1) is 25.8. The van der Waals surface area contributed by atoms with Crippen LogP contribution in [0, 0.1) is 11.3 Å². The van der Waals surface area contributed by atoms with Crippen LogP contribution >= 0.6 is 15.9 Å². The highest BCUT2D eigenvalue weighted by molar-refractivity contribution is 9.10. The minimum Gasteiger partial charge on any atom is -0.389 e. The van der Waals surface area contributed by atoms with Crippen molar-refractivity contribution in [1.82, 2.24) is 15.6 Å². The molecule has 0 saturated heterocycles. The number of hydrogen-bond donors (Lipinski definition) is 4. The fourth-order valence-electron chi connectivity index (χ4n) is 4.22. The van der Waals surface area contributed by atoms with E-state index >= 15 is 0 Å². The van der Waals surface area contributed by atoms with Gasteiger partial charge < -0.3 is 21.1 Å². The van der Waals surface area contributed by atoms with E-state index in [1.54, 1.807) is 12.3 Å². The molecule has 188 valence electrons. The van der Waals surface area contributed by atoms with Crippen LogP contribution in [0.5, 0.6) is 0 Å². The van der Waals surface area contributed by atoms with Gasteiger partial charge in [-0.3, -0.25) is 19.6 Å². The summed E-state index contributed by atoms with van der Waals surface area (Å²) in [6.45, 7) is 2.64. The van der Waals surface area contributed by atoms with Crippen molar-refractivity contribution < 1.29 is 14.7 Å². The molecule has 0 spiro atoms. The number of halogens is 1. The van der Waals surface area contributed by atoms with Gasteiger partial charge in [0.05, 0.1) is 48.1 Å². The molecular weight excluding hydrogens is 524 g/mol. The summed E-state index contributed by atoms with van der Waals surface area (Å²) in [5.41, 5.74) is 2.52. The molecule has 10 heteroatoms. The van der Waals surface area contributed by atoms with Crippen LogP contribution in [0.4, 0.5) is 5.69 Å². The smallest absolute Gasteiger partial charge is 0.253 e. The average molecular weight is 553 g/mol. The number of amides is 1. The molecule has 1 aliphatic heterocycles. The van der Waals surface area contributed by atoms with E-state index in [2.05, 4.69) is 54.0 Å². The number of nitriles is 1. The molecule has 2 aromatic rings. The molecule has 1 unspecified atom stereocenters. The predicted molar refractivity (Wildman–Crippen MR) is 140 cm³/mol. The molecule has 9 nitrogen and oxygen atoms in total. The van der Waals surface area contributed by atoms with Crippen LogP contribution in [-0.2, 0) is 10.2 Å². The number of guanidine groups is 1. The molecule has 36 heavy (non-hydrogen) atoms. The van der Waals surface area contributed by atoms with E-state index in [1.165, 1.54) is 6.20 Å². The first-order chi connectivity index (χ1) is 17.3. The zero-order valence-electron chi connectivity index (χ0n) is 20.1. The number of nitrogens with zero attached hydrogens (tertiary/aromatic N) is 3. The predicted octanol–water partition coefficient (Wildman–Crippen LogP) is 3.01. The highest BCUT2D eigenvalue weighted by Crippen LogP contribution is 2.48. The summed E-state index contributed by atoms with van der Waals surface area (Å²) in [6.07, 6.45) is 5.26. The first-order valence-electron chi connectivity index (χ1n) is 12.0. The lowest BCUT2D eigenvalue weighted by Gasteiger charge is -2.20. The minimum absolute atomic E-state index is 0.00312. The molecule has 4 rings (SSSR count). The molecule has 4 N–H and O–H groups in total. The second-order valence-electron chi connectivity index (χ2n) is 9.31. The molecule has 1 aromatic heterocycles. The number of ketones is 1. The number of aliphatic hydroxyl groups is 1. The number of aliphatic hydroxyl groups excluding tert-OH is 1. The van der Waals surface area contributed by atoms with E-state index in [1.807, 2.05) is 19.1 Å². The first-order valence-corrected chi connectivity index (χ1v) is 12.8. The van der Waals surface area contributed by atoms with E-state index < -0.39 is 17.4 Å². The van der Waals surface area contributed by atoms with E-state index in [9.17, 15) is 20.0 Å². The Morgan fingerprint density at radius 1 is 1.31 bits per heavy atom. The summed E-state index contributed by atoms with van der Waals surface area (Å²) < 4.78 is 0.905. The molecule has 2 aliphatic rings. The minimum atomic E-state index is -0.520. The normalized spacial score (nSPS) is 18.7. The standard InChI is InChI=1S/C26H29BrN6O3/c1-2-16(17-5-19(9-20(27)6-17)26(15-28)3-4-26)8-22(34)12-30-24(36)18-7-21(11-29-10-18)33-25-31-13-23(35)14-32-25/h5-7,9-11,16,23,35H,2-4,8,12-14H2,1H3,(H,30,36)(H2,31,32,33)/t16-/m1/s1. The second-order valence-corrected chi connectivity index (χ2v) is 10.2. The van der Waals surface area contributed by atoms with Crippen LogP contribution in [0.1, 0.15) is 60.0 Å². The highest BCUT2D eigenvalue weighted by atomic mass is 79.9. The van der Waals surface area contributed by atoms with Crippen molar-refractivity contribution in [2.75, 3.05) is 25.0 Å². The average Bonchev–Trinajstić information content (AvgIpc) is 3.68. The summed E-state index contributed by atoms with van der Waals surface area (Å²) >= 11 is 3.56. The molecular formula is C26H29BrN6O3. The third kappa shape index (κ3) is 6.28.